The summed E-state index contributed by atoms with van der Waals surface area (Å²) in [6.45, 7) is 9.39. The first-order valence-corrected chi connectivity index (χ1v) is 9.81. The average molecular weight is 353 g/mol. The van der Waals surface area contributed by atoms with Crippen LogP contribution in [0.3, 0.4) is 0 Å². The van der Waals surface area contributed by atoms with Gasteiger partial charge in [-0.3, -0.25) is 4.79 Å². The Morgan fingerprint density at radius 2 is 1.67 bits per heavy atom. The predicted octanol–water partition coefficient (Wildman–Crippen LogP) is 2.67. The molecule has 6 heteroatoms. The molecule has 0 spiro atoms. The van der Waals surface area contributed by atoms with Crippen LogP contribution in [0.2, 0.25) is 0 Å². The number of sulfonamides is 1. The minimum atomic E-state index is -3.58. The van der Waals surface area contributed by atoms with E-state index in [1.54, 1.807) is 13.0 Å². The Kier molecular flexibility index (Phi) is 5.40. The van der Waals surface area contributed by atoms with Gasteiger partial charge in [-0.05, 0) is 55.4 Å². The van der Waals surface area contributed by atoms with Gasteiger partial charge in [-0.25, -0.2) is 12.7 Å². The third-order valence-electron chi connectivity index (χ3n) is 4.78. The lowest BCUT2D eigenvalue weighted by Crippen LogP contribution is -2.42. The maximum Gasteiger partial charge on any atom is 0.253 e. The Hall–Kier alpha value is -1.40. The quantitative estimate of drug-likeness (QED) is 0.840. The van der Waals surface area contributed by atoms with Gasteiger partial charge in [-0.15, -0.1) is 0 Å². The smallest absolute Gasteiger partial charge is 0.253 e. The van der Waals surface area contributed by atoms with Crippen LogP contribution in [0.15, 0.2) is 17.0 Å². The Morgan fingerprint density at radius 1 is 1.12 bits per heavy atom. The van der Waals surface area contributed by atoms with Crippen molar-refractivity contribution in [2.24, 2.45) is 11.8 Å². The van der Waals surface area contributed by atoms with Crippen molar-refractivity contribution in [2.45, 2.75) is 39.0 Å². The van der Waals surface area contributed by atoms with Gasteiger partial charge in [0, 0.05) is 32.7 Å². The Bertz CT molecular complexity index is 731. The Morgan fingerprint density at radius 3 is 2.17 bits per heavy atom. The maximum atomic E-state index is 12.9. The molecule has 1 heterocycles. The van der Waals surface area contributed by atoms with E-state index in [-0.39, 0.29) is 10.8 Å². The summed E-state index contributed by atoms with van der Waals surface area (Å²) in [5.41, 5.74) is 1.97. The first kappa shape index (κ1) is 18.9. The highest BCUT2D eigenvalue weighted by Crippen LogP contribution is 2.26. The van der Waals surface area contributed by atoms with Crippen LogP contribution in [0, 0.1) is 25.7 Å². The van der Waals surface area contributed by atoms with Crippen molar-refractivity contribution in [3.63, 3.8) is 0 Å². The van der Waals surface area contributed by atoms with Crippen LogP contribution in [-0.4, -0.2) is 50.7 Å². The summed E-state index contributed by atoms with van der Waals surface area (Å²) >= 11 is 0. The lowest BCUT2D eigenvalue weighted by molar-refractivity contribution is 0.0623. The summed E-state index contributed by atoms with van der Waals surface area (Å²) in [6, 6.07) is 3.33. The monoisotopic (exact) mass is 352 g/mol. The van der Waals surface area contributed by atoms with Gasteiger partial charge < -0.3 is 4.90 Å². The van der Waals surface area contributed by atoms with Crippen LogP contribution in [-0.2, 0) is 10.0 Å². The minimum Gasteiger partial charge on any atom is -0.338 e. The molecule has 2 rings (SSSR count). The van der Waals surface area contributed by atoms with Gasteiger partial charge in [0.2, 0.25) is 10.0 Å². The van der Waals surface area contributed by atoms with E-state index < -0.39 is 10.0 Å². The van der Waals surface area contributed by atoms with E-state index in [0.29, 0.717) is 23.0 Å². The number of aryl methyl sites for hydroxylation is 1. The molecule has 0 N–H and O–H groups in total. The summed E-state index contributed by atoms with van der Waals surface area (Å²) in [6.07, 6.45) is 1.12. The first-order valence-electron chi connectivity index (χ1n) is 8.37. The summed E-state index contributed by atoms with van der Waals surface area (Å²) in [5, 5.41) is 0. The lowest BCUT2D eigenvalue weighted by atomic mass is 9.91. The molecule has 0 aromatic heterocycles. The molecule has 0 bridgehead atoms. The summed E-state index contributed by atoms with van der Waals surface area (Å²) in [7, 11) is -0.563. The molecular formula is C18H28N2O3S. The number of rotatable bonds is 3. The van der Waals surface area contributed by atoms with Crippen molar-refractivity contribution in [3.05, 3.63) is 28.8 Å². The third kappa shape index (κ3) is 3.64. The van der Waals surface area contributed by atoms with Crippen LogP contribution in [0.1, 0.15) is 41.8 Å². The molecule has 2 atom stereocenters. The van der Waals surface area contributed by atoms with Crippen LogP contribution >= 0.6 is 0 Å². The number of nitrogens with zero attached hydrogens (tertiary/aromatic N) is 2. The van der Waals surface area contributed by atoms with E-state index in [1.807, 2.05) is 11.8 Å². The number of piperidine rings is 1. The number of amides is 1. The second-order valence-electron chi connectivity index (χ2n) is 7.36. The molecule has 1 aliphatic rings. The average Bonchev–Trinajstić information content (AvgIpc) is 2.47. The molecule has 134 valence electrons. The van der Waals surface area contributed by atoms with Crippen LogP contribution in [0.5, 0.6) is 0 Å². The minimum absolute atomic E-state index is 0.0771. The standard InChI is InChI=1S/C18H28N2O3S/c1-12-7-13(2)11-20(10-12)18(21)16-8-14(3)15(4)17(9-16)24(22,23)19(5)6/h8-9,12-13H,7,10-11H2,1-6H3/t12-,13-/m1/s1. The van der Waals surface area contributed by atoms with E-state index in [2.05, 4.69) is 13.8 Å². The van der Waals surface area contributed by atoms with Gasteiger partial charge in [0.25, 0.3) is 5.91 Å². The molecule has 0 radical (unpaired) electrons. The molecule has 5 nitrogen and oxygen atoms in total. The Labute approximate surface area is 145 Å². The topological polar surface area (TPSA) is 57.7 Å². The van der Waals surface area contributed by atoms with Crippen molar-refractivity contribution >= 4 is 15.9 Å². The van der Waals surface area contributed by atoms with E-state index >= 15 is 0 Å². The van der Waals surface area contributed by atoms with Gasteiger partial charge in [-0.2, -0.15) is 0 Å². The molecule has 1 aromatic carbocycles. The summed E-state index contributed by atoms with van der Waals surface area (Å²) in [4.78, 5) is 15.0. The summed E-state index contributed by atoms with van der Waals surface area (Å²) < 4.78 is 26.3. The number of carbonyl (C=O) groups excluding carboxylic acids is 1. The molecule has 1 saturated heterocycles. The van der Waals surface area contributed by atoms with Gasteiger partial charge in [0.15, 0.2) is 0 Å². The Balaban J connectivity index is 2.45. The van der Waals surface area contributed by atoms with E-state index in [9.17, 15) is 13.2 Å². The van der Waals surface area contributed by atoms with Crippen molar-refractivity contribution < 1.29 is 13.2 Å². The van der Waals surface area contributed by atoms with Crippen molar-refractivity contribution in [1.29, 1.82) is 0 Å². The fraction of sp³-hybridized carbons (Fsp3) is 0.611. The van der Waals surface area contributed by atoms with E-state index in [1.165, 1.54) is 24.5 Å². The van der Waals surface area contributed by atoms with Crippen molar-refractivity contribution in [3.8, 4) is 0 Å². The van der Waals surface area contributed by atoms with Gasteiger partial charge in [0.1, 0.15) is 0 Å². The SMILES string of the molecule is Cc1cc(C(=O)N2C[C@H](C)C[C@@H](C)C2)cc(S(=O)(=O)N(C)C)c1C. The zero-order chi connectivity index (χ0) is 18.2. The molecule has 0 aliphatic carbocycles. The van der Waals surface area contributed by atoms with Crippen molar-refractivity contribution in [1.82, 2.24) is 9.21 Å². The first-order chi connectivity index (χ1) is 11.0. The number of benzene rings is 1. The highest BCUT2D eigenvalue weighted by molar-refractivity contribution is 7.89. The fourth-order valence-electron chi connectivity index (χ4n) is 3.43. The molecule has 1 fully saturated rings. The van der Waals surface area contributed by atoms with Gasteiger partial charge in [0.05, 0.1) is 4.90 Å². The molecule has 0 unspecified atom stereocenters. The van der Waals surface area contributed by atoms with E-state index in [0.717, 1.165) is 25.1 Å². The predicted molar refractivity (Wildman–Crippen MR) is 95.6 cm³/mol. The number of hydrogen-bond donors (Lipinski definition) is 0. The molecule has 0 saturated carbocycles. The second kappa shape index (κ2) is 6.84. The van der Waals surface area contributed by atoms with Crippen LogP contribution < -0.4 is 0 Å². The third-order valence-corrected chi connectivity index (χ3v) is 6.72. The molecule has 1 amide bonds. The van der Waals surface area contributed by atoms with Crippen LogP contribution in [0.25, 0.3) is 0 Å². The zero-order valence-electron chi connectivity index (χ0n) is 15.5. The second-order valence-corrected chi connectivity index (χ2v) is 9.48. The van der Waals surface area contributed by atoms with E-state index in [4.69, 9.17) is 0 Å². The largest absolute Gasteiger partial charge is 0.338 e. The number of carbonyl (C=O) groups is 1. The number of likely N-dealkylation sites (tertiary alicyclic amines) is 1. The lowest BCUT2D eigenvalue weighted by Gasteiger charge is -2.35. The molecular weight excluding hydrogens is 324 g/mol. The molecule has 24 heavy (non-hydrogen) atoms. The highest BCUT2D eigenvalue weighted by Gasteiger charge is 2.28. The highest BCUT2D eigenvalue weighted by atomic mass is 32.2. The van der Waals surface area contributed by atoms with Crippen LogP contribution in [0.4, 0.5) is 0 Å². The summed E-state index contributed by atoms with van der Waals surface area (Å²) in [5.74, 6) is 0.857. The van der Waals surface area contributed by atoms with Gasteiger partial charge in [-0.1, -0.05) is 13.8 Å². The fourth-order valence-corrected chi connectivity index (χ4v) is 4.64. The zero-order valence-corrected chi connectivity index (χ0v) is 16.3. The van der Waals surface area contributed by atoms with Gasteiger partial charge >= 0.3 is 0 Å². The molecule has 1 aliphatic heterocycles. The van der Waals surface area contributed by atoms with Crippen molar-refractivity contribution in [2.75, 3.05) is 27.2 Å². The maximum absolute atomic E-state index is 12.9. The molecule has 1 aromatic rings. The normalized spacial score (nSPS) is 22.0. The number of hydrogen-bond acceptors (Lipinski definition) is 3.